The smallest absolute Gasteiger partial charge is 0.0663 e. The van der Waals surface area contributed by atoms with Crippen LogP contribution in [-0.2, 0) is 0 Å². The highest BCUT2D eigenvalue weighted by Crippen LogP contribution is 2.24. The van der Waals surface area contributed by atoms with Crippen molar-refractivity contribution in [1.29, 1.82) is 0 Å². The molecule has 2 atom stereocenters. The van der Waals surface area contributed by atoms with E-state index in [4.69, 9.17) is 12.2 Å². The van der Waals surface area contributed by atoms with E-state index in [2.05, 4.69) is 41.6 Å². The minimum atomic E-state index is 0.0116. The third-order valence-electron chi connectivity index (χ3n) is 3.14. The Morgan fingerprint density at radius 3 is 2.67 bits per heavy atom. The monoisotopic (exact) mass is 238 g/mol. The maximum Gasteiger partial charge on any atom is 0.0663 e. The molecule has 2 aromatic rings. The van der Waals surface area contributed by atoms with Gasteiger partial charge in [-0.05, 0) is 23.3 Å². The van der Waals surface area contributed by atoms with Gasteiger partial charge >= 0.3 is 0 Å². The van der Waals surface area contributed by atoms with Crippen molar-refractivity contribution in [2.24, 2.45) is 5.73 Å². The molecule has 0 bridgehead atoms. The van der Waals surface area contributed by atoms with E-state index in [-0.39, 0.29) is 12.1 Å². The molecule has 0 saturated heterocycles. The summed E-state index contributed by atoms with van der Waals surface area (Å²) >= 11 is 0. The van der Waals surface area contributed by atoms with Crippen LogP contribution < -0.4 is 11.1 Å². The average Bonchev–Trinajstić information content (AvgIpc) is 2.44. The normalized spacial score (nSPS) is 14.1. The van der Waals surface area contributed by atoms with E-state index in [0.717, 1.165) is 0 Å². The van der Waals surface area contributed by atoms with Crippen LogP contribution in [0.25, 0.3) is 10.8 Å². The van der Waals surface area contributed by atoms with Crippen LogP contribution in [0.5, 0.6) is 0 Å². The lowest BCUT2D eigenvalue weighted by atomic mass is 9.98. The Kier molecular flexibility index (Phi) is 3.99. The van der Waals surface area contributed by atoms with Gasteiger partial charge in [0.05, 0.1) is 6.04 Å². The first-order valence-electron chi connectivity index (χ1n) is 6.16. The standard InChI is InChI=1S/C16H18N2/c1-3-12(2)18-16(11-17)15-10-6-8-13-7-4-5-9-14(13)15/h1,4-10,12,16,18H,11,17H2,2H3. The van der Waals surface area contributed by atoms with Crippen LogP contribution in [-0.4, -0.2) is 12.6 Å². The second kappa shape index (κ2) is 5.68. The van der Waals surface area contributed by atoms with E-state index in [9.17, 15) is 0 Å². The number of benzene rings is 2. The predicted octanol–water partition coefficient (Wildman–Crippen LogP) is 2.45. The number of terminal acetylenes is 1. The van der Waals surface area contributed by atoms with Crippen molar-refractivity contribution >= 4 is 10.8 Å². The van der Waals surface area contributed by atoms with Crippen LogP contribution in [0.4, 0.5) is 0 Å². The molecule has 0 amide bonds. The molecule has 2 rings (SSSR count). The van der Waals surface area contributed by atoms with Crippen LogP contribution in [0.15, 0.2) is 42.5 Å². The maximum absolute atomic E-state index is 5.87. The first-order valence-corrected chi connectivity index (χ1v) is 6.16. The predicted molar refractivity (Wildman–Crippen MR) is 77.2 cm³/mol. The van der Waals surface area contributed by atoms with E-state index in [0.29, 0.717) is 6.54 Å². The molecule has 0 spiro atoms. The number of hydrogen-bond acceptors (Lipinski definition) is 2. The Morgan fingerprint density at radius 2 is 1.94 bits per heavy atom. The Balaban J connectivity index is 2.42. The number of hydrogen-bond donors (Lipinski definition) is 2. The topological polar surface area (TPSA) is 38.0 Å². The fourth-order valence-corrected chi connectivity index (χ4v) is 2.19. The molecule has 18 heavy (non-hydrogen) atoms. The molecule has 0 aliphatic rings. The van der Waals surface area contributed by atoms with Gasteiger partial charge in [-0.2, -0.15) is 0 Å². The molecule has 2 nitrogen and oxygen atoms in total. The molecule has 0 aliphatic heterocycles. The molecule has 0 aromatic heterocycles. The minimum absolute atomic E-state index is 0.0116. The van der Waals surface area contributed by atoms with Crippen LogP contribution in [0.2, 0.25) is 0 Å². The number of nitrogens with one attached hydrogen (secondary N) is 1. The zero-order valence-corrected chi connectivity index (χ0v) is 10.6. The summed E-state index contributed by atoms with van der Waals surface area (Å²) < 4.78 is 0. The molecule has 2 aromatic carbocycles. The van der Waals surface area contributed by atoms with E-state index in [1.165, 1.54) is 16.3 Å². The van der Waals surface area contributed by atoms with Gasteiger partial charge in [-0.3, -0.25) is 5.32 Å². The largest absolute Gasteiger partial charge is 0.329 e. The molecule has 92 valence electrons. The van der Waals surface area contributed by atoms with Gasteiger partial charge in [0, 0.05) is 12.6 Å². The second-order valence-corrected chi connectivity index (χ2v) is 4.41. The molecule has 3 N–H and O–H groups in total. The minimum Gasteiger partial charge on any atom is -0.329 e. The fraction of sp³-hybridized carbons (Fsp3) is 0.250. The maximum atomic E-state index is 5.87. The lowest BCUT2D eigenvalue weighted by molar-refractivity contribution is 0.521. The lowest BCUT2D eigenvalue weighted by Crippen LogP contribution is -2.34. The molecule has 0 aliphatic carbocycles. The summed E-state index contributed by atoms with van der Waals surface area (Å²) in [6.45, 7) is 2.49. The highest BCUT2D eigenvalue weighted by atomic mass is 15.0. The first kappa shape index (κ1) is 12.6. The van der Waals surface area contributed by atoms with Crippen molar-refractivity contribution in [3.63, 3.8) is 0 Å². The van der Waals surface area contributed by atoms with Crippen LogP contribution in [0.3, 0.4) is 0 Å². The third-order valence-corrected chi connectivity index (χ3v) is 3.14. The molecule has 0 fully saturated rings. The first-order chi connectivity index (χ1) is 8.76. The average molecular weight is 238 g/mol. The fourth-order valence-electron chi connectivity index (χ4n) is 2.19. The molecule has 0 radical (unpaired) electrons. The van der Waals surface area contributed by atoms with Crippen molar-refractivity contribution in [3.8, 4) is 12.3 Å². The van der Waals surface area contributed by atoms with Gasteiger partial charge in [-0.25, -0.2) is 0 Å². The van der Waals surface area contributed by atoms with Crippen molar-refractivity contribution in [3.05, 3.63) is 48.0 Å². The Bertz CT molecular complexity index is 563. The van der Waals surface area contributed by atoms with Gasteiger partial charge in [-0.15, -0.1) is 6.42 Å². The van der Waals surface area contributed by atoms with Gasteiger partial charge in [0.2, 0.25) is 0 Å². The molecule has 0 heterocycles. The van der Waals surface area contributed by atoms with Crippen molar-refractivity contribution in [1.82, 2.24) is 5.32 Å². The SMILES string of the molecule is C#CC(C)NC(CN)c1cccc2ccccc12. The van der Waals surface area contributed by atoms with E-state index in [1.807, 2.05) is 19.1 Å². The highest BCUT2D eigenvalue weighted by Gasteiger charge is 2.13. The summed E-state index contributed by atoms with van der Waals surface area (Å²) in [6.07, 6.45) is 5.41. The molecular weight excluding hydrogens is 220 g/mol. The Morgan fingerprint density at radius 1 is 1.22 bits per heavy atom. The summed E-state index contributed by atoms with van der Waals surface area (Å²) in [4.78, 5) is 0. The third kappa shape index (κ3) is 2.53. The van der Waals surface area contributed by atoms with E-state index >= 15 is 0 Å². The lowest BCUT2D eigenvalue weighted by Gasteiger charge is -2.21. The number of fused-ring (bicyclic) bond motifs is 1. The highest BCUT2D eigenvalue weighted by molar-refractivity contribution is 5.86. The quantitative estimate of drug-likeness (QED) is 0.803. The van der Waals surface area contributed by atoms with Gasteiger partial charge in [0.15, 0.2) is 0 Å². The number of nitrogens with two attached hydrogens (primary N) is 1. The van der Waals surface area contributed by atoms with Gasteiger partial charge in [0.25, 0.3) is 0 Å². The van der Waals surface area contributed by atoms with E-state index < -0.39 is 0 Å². The van der Waals surface area contributed by atoms with Crippen molar-refractivity contribution in [2.75, 3.05) is 6.54 Å². The summed E-state index contributed by atoms with van der Waals surface area (Å²) in [6, 6.07) is 14.7. The summed E-state index contributed by atoms with van der Waals surface area (Å²) in [5.74, 6) is 2.68. The molecule has 0 saturated carbocycles. The van der Waals surface area contributed by atoms with Gasteiger partial charge < -0.3 is 5.73 Å². The Hall–Kier alpha value is -1.82. The van der Waals surface area contributed by atoms with Crippen molar-refractivity contribution in [2.45, 2.75) is 19.0 Å². The van der Waals surface area contributed by atoms with Crippen LogP contribution in [0, 0.1) is 12.3 Å². The summed E-state index contributed by atoms with van der Waals surface area (Å²) in [7, 11) is 0. The Labute approximate surface area is 108 Å². The summed E-state index contributed by atoms with van der Waals surface area (Å²) in [5, 5.41) is 5.82. The zero-order valence-electron chi connectivity index (χ0n) is 10.6. The zero-order chi connectivity index (χ0) is 13.0. The van der Waals surface area contributed by atoms with Crippen LogP contribution >= 0.6 is 0 Å². The molecule has 2 heteroatoms. The van der Waals surface area contributed by atoms with Gasteiger partial charge in [0.1, 0.15) is 0 Å². The molecular formula is C16H18N2. The molecule has 2 unspecified atom stereocenters. The summed E-state index contributed by atoms with van der Waals surface area (Å²) in [5.41, 5.74) is 7.07. The second-order valence-electron chi connectivity index (χ2n) is 4.41. The van der Waals surface area contributed by atoms with E-state index in [1.54, 1.807) is 0 Å². The van der Waals surface area contributed by atoms with Crippen molar-refractivity contribution < 1.29 is 0 Å². The van der Waals surface area contributed by atoms with Gasteiger partial charge in [-0.1, -0.05) is 48.4 Å². The number of rotatable bonds is 4. The van der Waals surface area contributed by atoms with Crippen LogP contribution in [0.1, 0.15) is 18.5 Å².